The first-order valence-electron chi connectivity index (χ1n) is 12.7. The fraction of sp³-hybridized carbons (Fsp3) is 0.355. The van der Waals surface area contributed by atoms with Crippen molar-refractivity contribution in [1.29, 1.82) is 0 Å². The fourth-order valence-electron chi connectivity index (χ4n) is 6.74. The summed E-state index contributed by atoms with van der Waals surface area (Å²) in [5.74, 6) is 0.925. The zero-order chi connectivity index (χ0) is 23.3. The van der Waals surface area contributed by atoms with Crippen LogP contribution in [0.1, 0.15) is 34.4 Å². The summed E-state index contributed by atoms with van der Waals surface area (Å²) in [6.07, 6.45) is 4.39. The third-order valence-corrected chi connectivity index (χ3v) is 8.64. The van der Waals surface area contributed by atoms with Gasteiger partial charge >= 0.3 is 0 Å². The number of aryl methyl sites for hydroxylation is 2. The minimum Gasteiger partial charge on any atom is -0.508 e. The van der Waals surface area contributed by atoms with Crippen molar-refractivity contribution >= 4 is 10.9 Å². The number of aromatic hydroxyl groups is 1. The lowest BCUT2D eigenvalue weighted by Gasteiger charge is -2.51. The molecule has 3 heteroatoms. The number of aromatic nitrogens is 1. The molecule has 34 heavy (non-hydrogen) atoms. The second kappa shape index (κ2) is 8.32. The van der Waals surface area contributed by atoms with Gasteiger partial charge in [0, 0.05) is 42.1 Å². The van der Waals surface area contributed by atoms with Crippen molar-refractivity contribution in [2.24, 2.45) is 13.0 Å². The van der Waals surface area contributed by atoms with E-state index >= 15 is 0 Å². The molecule has 0 radical (unpaired) electrons. The molecule has 2 heterocycles. The van der Waals surface area contributed by atoms with E-state index in [0.29, 0.717) is 11.7 Å². The molecular formula is C31H34N2O. The number of phenolic OH excluding ortho intramolecular Hbond substituents is 1. The zero-order valence-electron chi connectivity index (χ0n) is 20.3. The van der Waals surface area contributed by atoms with Crippen LogP contribution in [0.15, 0.2) is 72.8 Å². The van der Waals surface area contributed by atoms with Crippen molar-refractivity contribution in [3.8, 4) is 5.75 Å². The average molecular weight is 451 g/mol. The summed E-state index contributed by atoms with van der Waals surface area (Å²) in [7, 11) is 2.24. The quantitative estimate of drug-likeness (QED) is 0.426. The van der Waals surface area contributed by atoms with E-state index in [0.717, 1.165) is 45.3 Å². The highest BCUT2D eigenvalue weighted by Gasteiger charge is 2.48. The highest BCUT2D eigenvalue weighted by Crippen LogP contribution is 2.50. The predicted molar refractivity (Wildman–Crippen MR) is 140 cm³/mol. The molecule has 1 aliphatic heterocycles. The third-order valence-electron chi connectivity index (χ3n) is 8.64. The average Bonchev–Trinajstić information content (AvgIpc) is 3.12. The van der Waals surface area contributed by atoms with Gasteiger partial charge in [0.2, 0.25) is 0 Å². The number of rotatable bonds is 4. The second-order valence-electron chi connectivity index (χ2n) is 10.6. The Morgan fingerprint density at radius 1 is 1.00 bits per heavy atom. The summed E-state index contributed by atoms with van der Waals surface area (Å²) in [4.78, 5) is 2.68. The molecule has 1 aliphatic carbocycles. The van der Waals surface area contributed by atoms with Gasteiger partial charge in [-0.25, -0.2) is 0 Å². The Morgan fingerprint density at radius 2 is 1.85 bits per heavy atom. The Morgan fingerprint density at radius 3 is 2.68 bits per heavy atom. The number of nitrogens with zero attached hydrogens (tertiary/aromatic N) is 2. The Labute approximate surface area is 202 Å². The molecule has 2 aliphatic rings. The van der Waals surface area contributed by atoms with Gasteiger partial charge < -0.3 is 14.6 Å². The van der Waals surface area contributed by atoms with Gasteiger partial charge in [-0.3, -0.25) is 0 Å². The highest BCUT2D eigenvalue weighted by atomic mass is 16.3. The van der Waals surface area contributed by atoms with Gasteiger partial charge in [0.25, 0.3) is 0 Å². The van der Waals surface area contributed by atoms with E-state index < -0.39 is 0 Å². The van der Waals surface area contributed by atoms with Crippen molar-refractivity contribution in [3.63, 3.8) is 0 Å². The summed E-state index contributed by atoms with van der Waals surface area (Å²) in [5.41, 5.74) is 8.51. The standard InChI is InChI=1S/C31H34N2O/c1-22-11-12-27-28-19-25-21-33(15-13-23-7-4-3-5-8-23)16-14-31(25,24-9-6-10-26(34)18-24)20-30(28)32(2)29(27)17-22/h3-12,17-18,25,34H,13-16,19-21H2,1-2H3. The smallest absolute Gasteiger partial charge is 0.115 e. The molecule has 1 fully saturated rings. The summed E-state index contributed by atoms with van der Waals surface area (Å²) < 4.78 is 2.44. The first kappa shape index (κ1) is 21.5. The van der Waals surface area contributed by atoms with E-state index in [1.165, 1.54) is 33.3 Å². The van der Waals surface area contributed by atoms with Crippen molar-refractivity contribution < 1.29 is 5.11 Å². The van der Waals surface area contributed by atoms with Crippen LogP contribution in [0, 0.1) is 12.8 Å². The molecule has 0 spiro atoms. The molecule has 0 bridgehead atoms. The first-order valence-corrected chi connectivity index (χ1v) is 12.7. The molecule has 2 unspecified atom stereocenters. The Balaban J connectivity index is 1.38. The largest absolute Gasteiger partial charge is 0.508 e. The van der Waals surface area contributed by atoms with E-state index in [4.69, 9.17) is 0 Å². The van der Waals surface area contributed by atoms with Gasteiger partial charge in [0.05, 0.1) is 0 Å². The van der Waals surface area contributed by atoms with Crippen molar-refractivity contribution in [2.75, 3.05) is 19.6 Å². The minimum absolute atomic E-state index is 0.0756. The number of benzene rings is 3. The van der Waals surface area contributed by atoms with Crippen LogP contribution in [0.25, 0.3) is 10.9 Å². The highest BCUT2D eigenvalue weighted by molar-refractivity contribution is 5.86. The van der Waals surface area contributed by atoms with Crippen LogP contribution in [-0.4, -0.2) is 34.2 Å². The van der Waals surface area contributed by atoms with Crippen LogP contribution in [0.4, 0.5) is 0 Å². The lowest BCUT2D eigenvalue weighted by Crippen LogP contribution is -2.54. The van der Waals surface area contributed by atoms with E-state index in [-0.39, 0.29) is 5.41 Å². The molecule has 2 atom stereocenters. The lowest BCUT2D eigenvalue weighted by atomic mass is 9.58. The van der Waals surface area contributed by atoms with Gasteiger partial charge in [-0.2, -0.15) is 0 Å². The maximum absolute atomic E-state index is 10.4. The van der Waals surface area contributed by atoms with Crippen LogP contribution < -0.4 is 0 Å². The van der Waals surface area contributed by atoms with E-state index in [1.54, 1.807) is 11.6 Å². The molecule has 1 aromatic heterocycles. The van der Waals surface area contributed by atoms with Crippen LogP contribution in [0.3, 0.4) is 0 Å². The van der Waals surface area contributed by atoms with Crippen LogP contribution in [-0.2, 0) is 31.7 Å². The number of phenols is 1. The molecule has 1 saturated heterocycles. The monoisotopic (exact) mass is 450 g/mol. The Bertz CT molecular complexity index is 1340. The van der Waals surface area contributed by atoms with E-state index in [9.17, 15) is 5.11 Å². The second-order valence-corrected chi connectivity index (χ2v) is 10.6. The first-order chi connectivity index (χ1) is 16.5. The summed E-state index contributed by atoms with van der Waals surface area (Å²) in [6.45, 7) is 5.52. The van der Waals surface area contributed by atoms with Gasteiger partial charge in [-0.05, 0) is 85.5 Å². The molecule has 0 amide bonds. The molecule has 4 aromatic rings. The number of piperidine rings is 1. The summed E-state index contributed by atoms with van der Waals surface area (Å²) in [5, 5.41) is 11.8. The molecular weight excluding hydrogens is 416 g/mol. The molecule has 3 nitrogen and oxygen atoms in total. The van der Waals surface area contributed by atoms with E-state index in [2.05, 4.69) is 78.0 Å². The van der Waals surface area contributed by atoms with Gasteiger partial charge in [-0.1, -0.05) is 54.6 Å². The molecule has 174 valence electrons. The maximum Gasteiger partial charge on any atom is 0.115 e. The predicted octanol–water partition coefficient (Wildman–Crippen LogP) is 5.79. The van der Waals surface area contributed by atoms with E-state index in [1.807, 2.05) is 12.1 Å². The zero-order valence-corrected chi connectivity index (χ0v) is 20.3. The van der Waals surface area contributed by atoms with Crippen LogP contribution in [0.2, 0.25) is 0 Å². The number of fused-ring (bicyclic) bond motifs is 4. The fourth-order valence-corrected chi connectivity index (χ4v) is 6.74. The van der Waals surface area contributed by atoms with Gasteiger partial charge in [0.15, 0.2) is 0 Å². The SMILES string of the molecule is Cc1ccc2c3c(n(C)c2c1)CC1(c2cccc(O)c2)CCN(CCc2ccccc2)CC1C3. The Kier molecular flexibility index (Phi) is 5.26. The van der Waals surface area contributed by atoms with Gasteiger partial charge in [-0.15, -0.1) is 0 Å². The van der Waals surface area contributed by atoms with Crippen LogP contribution >= 0.6 is 0 Å². The minimum atomic E-state index is 0.0756. The number of hydrogen-bond donors (Lipinski definition) is 1. The summed E-state index contributed by atoms with van der Waals surface area (Å²) >= 11 is 0. The van der Waals surface area contributed by atoms with Crippen molar-refractivity contribution in [2.45, 2.75) is 38.0 Å². The normalized spacial score (nSPS) is 22.5. The topological polar surface area (TPSA) is 28.4 Å². The maximum atomic E-state index is 10.4. The molecule has 0 saturated carbocycles. The van der Waals surface area contributed by atoms with Gasteiger partial charge in [0.1, 0.15) is 5.75 Å². The summed E-state index contributed by atoms with van der Waals surface area (Å²) in [6, 6.07) is 25.9. The van der Waals surface area contributed by atoms with Crippen molar-refractivity contribution in [3.05, 3.63) is 101 Å². The molecule has 6 rings (SSSR count). The lowest BCUT2D eigenvalue weighted by molar-refractivity contribution is 0.0815. The Hall–Kier alpha value is -3.04. The number of hydrogen-bond acceptors (Lipinski definition) is 2. The molecule has 3 aromatic carbocycles. The third kappa shape index (κ3) is 3.54. The van der Waals surface area contributed by atoms with Crippen molar-refractivity contribution in [1.82, 2.24) is 9.47 Å². The van der Waals surface area contributed by atoms with Crippen LogP contribution in [0.5, 0.6) is 5.75 Å². The number of likely N-dealkylation sites (tertiary alicyclic amines) is 1. The molecule has 1 N–H and O–H groups in total.